The first-order chi connectivity index (χ1) is 20.4. The predicted molar refractivity (Wildman–Crippen MR) is 168 cm³/mol. The summed E-state index contributed by atoms with van der Waals surface area (Å²) in [6.45, 7) is 9.38. The van der Waals surface area contributed by atoms with Gasteiger partial charge in [-0.2, -0.15) is 8.42 Å². The molecule has 2 aromatic carbocycles. The number of nitrogens with two attached hydrogens (primary N) is 3. The molecule has 0 unspecified atom stereocenters. The van der Waals surface area contributed by atoms with Gasteiger partial charge in [0.1, 0.15) is 6.61 Å². The summed E-state index contributed by atoms with van der Waals surface area (Å²) < 4.78 is 35.1. The summed E-state index contributed by atoms with van der Waals surface area (Å²) in [6, 6.07) is 14.6. The van der Waals surface area contributed by atoms with Gasteiger partial charge < -0.3 is 27.0 Å². The van der Waals surface area contributed by atoms with E-state index in [-0.39, 0.29) is 48.5 Å². The monoisotopic (exact) mass is 635 g/mol. The number of unbranched alkanes of at least 4 members (excludes halogenated alkanes) is 1. The fraction of sp³-hybridized carbons (Fsp3) is 0.448. The number of hydrogen-bond acceptors (Lipinski definition) is 8. The number of hydrogen-bond donors (Lipinski definition) is 6. The molecule has 0 radical (unpaired) electrons. The van der Waals surface area contributed by atoms with Crippen LogP contribution in [0, 0.1) is 12.3 Å². The number of guanidine groups is 2. The number of aliphatic carboxylic acids is 1. The van der Waals surface area contributed by atoms with Gasteiger partial charge in [-0.15, -0.1) is 5.10 Å². The lowest BCUT2D eigenvalue weighted by Gasteiger charge is -2.43. The summed E-state index contributed by atoms with van der Waals surface area (Å²) in [5, 5.41) is 22.8. The van der Waals surface area contributed by atoms with Crippen LogP contribution in [0.2, 0.25) is 0 Å². The highest BCUT2D eigenvalue weighted by Gasteiger charge is 2.54. The molecule has 0 amide bonds. The van der Waals surface area contributed by atoms with Crippen molar-refractivity contribution in [1.29, 1.82) is 5.41 Å². The number of carboxylic acid groups (broad SMARTS) is 1. The van der Waals surface area contributed by atoms with Crippen molar-refractivity contribution >= 4 is 34.0 Å². The van der Waals surface area contributed by atoms with Crippen LogP contribution in [0.25, 0.3) is 0 Å². The molecule has 0 aromatic heterocycles. The van der Waals surface area contributed by atoms with Crippen molar-refractivity contribution < 1.29 is 32.4 Å². The van der Waals surface area contributed by atoms with Crippen LogP contribution in [0.15, 0.2) is 64.6 Å². The van der Waals surface area contributed by atoms with E-state index in [1.54, 1.807) is 29.2 Å². The summed E-state index contributed by atoms with van der Waals surface area (Å²) in [6.07, 6.45) is 0.716. The number of benzene rings is 2. The largest absolute Gasteiger partial charge is 0.479 e. The van der Waals surface area contributed by atoms with E-state index in [9.17, 15) is 23.1 Å². The molecule has 0 saturated heterocycles. The lowest BCUT2D eigenvalue weighted by molar-refractivity contribution is -0.178. The van der Waals surface area contributed by atoms with Gasteiger partial charge in [0.2, 0.25) is 17.5 Å². The van der Waals surface area contributed by atoms with Gasteiger partial charge in [-0.1, -0.05) is 48.0 Å². The van der Waals surface area contributed by atoms with Gasteiger partial charge >= 0.3 is 11.9 Å². The Morgan fingerprint density at radius 1 is 0.977 bits per heavy atom. The first-order valence-electron chi connectivity index (χ1n) is 13.9. The Balaban J connectivity index is 0.000000733. The van der Waals surface area contributed by atoms with Crippen LogP contribution in [-0.2, 0) is 31.1 Å². The van der Waals surface area contributed by atoms with Gasteiger partial charge in [0.25, 0.3) is 10.1 Å². The number of esters is 1. The molecular formula is C29H45N7O7S. The van der Waals surface area contributed by atoms with Gasteiger partial charge in [-0.3, -0.25) is 14.9 Å². The molecule has 0 aliphatic heterocycles. The number of aryl methyl sites for hydroxylation is 1. The van der Waals surface area contributed by atoms with Crippen LogP contribution >= 0.6 is 0 Å². The van der Waals surface area contributed by atoms with E-state index in [0.29, 0.717) is 12.8 Å². The standard InChI is InChI=1S/C22H37N7O4.C7H8O3S/c1-15(2)29(16(3)4)22(18(30)31,19(32)33-14-17-10-6-5-7-11-17)12-8-9-13-28(21(25)26)27-20(23)24;1-6-2-4-7(5-3-6)11(8,9)10/h5-7,10-11,15-16H,8-9,12-14H2,1-4H3,(H3,25,26)(H,30,31)(H4,23,24,27);2-5H,1H3,(H,8,9,10)/t22-;/m1./s1. The Morgan fingerprint density at radius 3 is 1.95 bits per heavy atom. The number of nitrogens with zero attached hydrogens (tertiary/aromatic N) is 3. The topological polar surface area (TPSA) is 239 Å². The van der Waals surface area contributed by atoms with Gasteiger partial charge in [-0.25, -0.2) is 14.6 Å². The summed E-state index contributed by atoms with van der Waals surface area (Å²) in [7, 11) is -4.02. The molecule has 0 saturated carbocycles. The highest BCUT2D eigenvalue weighted by Crippen LogP contribution is 2.30. The van der Waals surface area contributed by atoms with Gasteiger partial charge in [0, 0.05) is 18.6 Å². The van der Waals surface area contributed by atoms with E-state index < -0.39 is 27.6 Å². The minimum Gasteiger partial charge on any atom is -0.479 e. The van der Waals surface area contributed by atoms with Crippen LogP contribution in [0.1, 0.15) is 58.1 Å². The fourth-order valence-electron chi connectivity index (χ4n) is 4.68. The first-order valence-corrected chi connectivity index (χ1v) is 15.4. The number of carboxylic acids is 1. The van der Waals surface area contributed by atoms with Gasteiger partial charge in [-0.05, 0) is 71.6 Å². The van der Waals surface area contributed by atoms with E-state index in [0.717, 1.165) is 16.1 Å². The van der Waals surface area contributed by atoms with Crippen LogP contribution in [0.3, 0.4) is 0 Å². The fourth-order valence-corrected chi connectivity index (χ4v) is 5.16. The molecule has 2 aromatic rings. The second-order valence-electron chi connectivity index (χ2n) is 10.6. The van der Waals surface area contributed by atoms with E-state index in [4.69, 9.17) is 31.9 Å². The minimum absolute atomic E-state index is 0.000117. The van der Waals surface area contributed by atoms with Crippen molar-refractivity contribution in [2.24, 2.45) is 22.3 Å². The van der Waals surface area contributed by atoms with Crippen LogP contribution in [-0.4, -0.2) is 76.0 Å². The van der Waals surface area contributed by atoms with E-state index in [1.807, 2.05) is 52.8 Å². The van der Waals surface area contributed by atoms with Gasteiger partial charge in [0.15, 0.2) is 0 Å². The Labute approximate surface area is 259 Å². The molecular weight excluding hydrogens is 590 g/mol. The quantitative estimate of drug-likeness (QED) is 0.0334. The Bertz CT molecular complexity index is 1360. The number of nitrogens with one attached hydrogen (secondary N) is 1. The third-order valence-corrected chi connectivity index (χ3v) is 7.32. The number of hydrazone groups is 1. The van der Waals surface area contributed by atoms with Crippen LogP contribution < -0.4 is 17.2 Å². The van der Waals surface area contributed by atoms with E-state index in [1.165, 1.54) is 12.1 Å². The number of carbonyl (C=O) groups excluding carboxylic acids is 1. The van der Waals surface area contributed by atoms with Crippen molar-refractivity contribution in [1.82, 2.24) is 9.91 Å². The Kier molecular flexibility index (Phi) is 14.8. The van der Waals surface area contributed by atoms with Crippen LogP contribution in [0.5, 0.6) is 0 Å². The maximum atomic E-state index is 13.3. The Morgan fingerprint density at radius 2 is 1.52 bits per heavy atom. The lowest BCUT2D eigenvalue weighted by Crippen LogP contribution is -2.65. The highest BCUT2D eigenvalue weighted by atomic mass is 32.2. The summed E-state index contributed by atoms with van der Waals surface area (Å²) in [5.41, 5.74) is 16.0. The zero-order valence-electron chi connectivity index (χ0n) is 25.8. The highest BCUT2D eigenvalue weighted by molar-refractivity contribution is 7.85. The molecule has 0 bridgehead atoms. The normalized spacial score (nSPS) is 12.6. The van der Waals surface area contributed by atoms with Gasteiger partial charge in [0.05, 0.1) is 4.90 Å². The van der Waals surface area contributed by atoms with Crippen molar-refractivity contribution in [2.75, 3.05) is 6.54 Å². The van der Waals surface area contributed by atoms with Crippen molar-refractivity contribution in [3.63, 3.8) is 0 Å². The summed E-state index contributed by atoms with van der Waals surface area (Å²) >= 11 is 0. The van der Waals surface area contributed by atoms with E-state index in [2.05, 4.69) is 5.10 Å². The summed E-state index contributed by atoms with van der Waals surface area (Å²) in [4.78, 5) is 27.6. The molecule has 244 valence electrons. The number of carbonyl (C=O) groups is 2. The minimum atomic E-state index is -4.02. The number of ether oxygens (including phenoxy) is 1. The second-order valence-corrected chi connectivity index (χ2v) is 12.0. The van der Waals surface area contributed by atoms with Crippen LogP contribution in [0.4, 0.5) is 0 Å². The molecule has 9 N–H and O–H groups in total. The maximum absolute atomic E-state index is 13.3. The molecule has 0 aliphatic carbocycles. The van der Waals surface area contributed by atoms with Crippen molar-refractivity contribution in [2.45, 2.75) is 83.0 Å². The average molecular weight is 636 g/mol. The molecule has 44 heavy (non-hydrogen) atoms. The molecule has 0 aliphatic rings. The predicted octanol–water partition coefficient (Wildman–Crippen LogP) is 2.47. The second kappa shape index (κ2) is 17.2. The SMILES string of the molecule is CC(C)N(C(C)C)[C@](CCCCN(N=C(N)N)C(=N)N)(C(=O)O)C(=O)OCc1ccccc1.Cc1ccc(S(=O)(=O)O)cc1. The zero-order valence-corrected chi connectivity index (χ0v) is 26.6. The van der Waals surface area contributed by atoms with E-state index >= 15 is 0 Å². The Hall–Kier alpha value is -4.21. The zero-order chi connectivity index (χ0) is 33.7. The molecule has 15 heteroatoms. The molecule has 1 atom stereocenters. The molecule has 0 fully saturated rings. The smallest absolute Gasteiger partial charge is 0.338 e. The maximum Gasteiger partial charge on any atom is 0.338 e. The molecule has 0 spiro atoms. The van der Waals surface area contributed by atoms with Crippen molar-refractivity contribution in [3.05, 3.63) is 65.7 Å². The lowest BCUT2D eigenvalue weighted by atomic mass is 9.87. The molecule has 2 rings (SSSR count). The average Bonchev–Trinajstić information content (AvgIpc) is 2.92. The third kappa shape index (κ3) is 11.5. The molecule has 14 nitrogen and oxygen atoms in total. The number of rotatable bonds is 14. The summed E-state index contributed by atoms with van der Waals surface area (Å²) in [5.74, 6) is -2.67. The van der Waals surface area contributed by atoms with Crippen molar-refractivity contribution in [3.8, 4) is 0 Å². The third-order valence-electron chi connectivity index (χ3n) is 6.45. The molecule has 0 heterocycles. The first kappa shape index (κ1) is 37.8.